The van der Waals surface area contributed by atoms with Gasteiger partial charge in [-0.2, -0.15) is 5.10 Å². The average molecular weight is 298 g/mol. The van der Waals surface area contributed by atoms with E-state index in [0.717, 1.165) is 30.1 Å². The van der Waals surface area contributed by atoms with E-state index in [9.17, 15) is 0 Å². The molecular weight excluding hydrogens is 268 g/mol. The summed E-state index contributed by atoms with van der Waals surface area (Å²) in [5, 5.41) is 8.46. The predicted molar refractivity (Wildman–Crippen MR) is 92.5 cm³/mol. The van der Waals surface area contributed by atoms with Crippen LogP contribution in [0, 0.1) is 23.7 Å². The van der Waals surface area contributed by atoms with Crippen molar-refractivity contribution in [2.24, 2.45) is 11.8 Å². The van der Waals surface area contributed by atoms with Gasteiger partial charge in [-0.05, 0) is 56.1 Å². The zero-order chi connectivity index (χ0) is 15.6. The van der Waals surface area contributed by atoms with Crippen LogP contribution >= 0.6 is 0 Å². The number of unbranched alkanes of at least 4 members (excludes halogenated alkanes) is 2. The molecule has 2 rings (SSSR count). The molecule has 0 saturated heterocycles. The second-order valence-electron chi connectivity index (χ2n) is 6.64. The van der Waals surface area contributed by atoms with Crippen LogP contribution in [0.5, 0.6) is 0 Å². The van der Waals surface area contributed by atoms with E-state index in [1.165, 1.54) is 51.4 Å². The van der Waals surface area contributed by atoms with Gasteiger partial charge in [-0.1, -0.05) is 51.9 Å². The van der Waals surface area contributed by atoms with Gasteiger partial charge in [-0.25, -0.2) is 0 Å². The smallest absolute Gasteiger partial charge is 0.135 e. The molecule has 1 saturated carbocycles. The maximum atomic E-state index is 4.23. The molecule has 0 aliphatic heterocycles. The van der Waals surface area contributed by atoms with Crippen LogP contribution in [0.4, 0.5) is 0 Å². The van der Waals surface area contributed by atoms with Crippen molar-refractivity contribution in [2.45, 2.75) is 78.1 Å². The highest BCUT2D eigenvalue weighted by atomic mass is 15.1. The molecule has 0 aromatic carbocycles. The topological polar surface area (TPSA) is 25.8 Å². The Hall–Kier alpha value is -1.36. The highest BCUT2D eigenvalue weighted by Crippen LogP contribution is 2.31. The minimum Gasteiger partial charge on any atom is -0.154 e. The molecular formula is C20H30N2. The fraction of sp³-hybridized carbons (Fsp3) is 0.700. The fourth-order valence-corrected chi connectivity index (χ4v) is 3.27. The highest BCUT2D eigenvalue weighted by Gasteiger charge is 2.19. The first-order valence-corrected chi connectivity index (χ1v) is 9.16. The Kier molecular flexibility index (Phi) is 7.43. The van der Waals surface area contributed by atoms with Gasteiger partial charge in [-0.3, -0.25) is 0 Å². The van der Waals surface area contributed by atoms with Gasteiger partial charge < -0.3 is 0 Å². The van der Waals surface area contributed by atoms with Gasteiger partial charge in [0.05, 0.1) is 5.69 Å². The molecule has 2 heteroatoms. The molecule has 0 unspecified atom stereocenters. The number of aryl methyl sites for hydroxylation is 1. The number of hydrogen-bond acceptors (Lipinski definition) is 2. The third-order valence-corrected chi connectivity index (χ3v) is 4.69. The zero-order valence-corrected chi connectivity index (χ0v) is 14.3. The molecule has 0 spiro atoms. The Morgan fingerprint density at radius 3 is 2.45 bits per heavy atom. The van der Waals surface area contributed by atoms with Crippen molar-refractivity contribution in [3.63, 3.8) is 0 Å². The van der Waals surface area contributed by atoms with Crippen LogP contribution in [0.3, 0.4) is 0 Å². The molecule has 0 bridgehead atoms. The van der Waals surface area contributed by atoms with Crippen LogP contribution in [0.1, 0.15) is 83.0 Å². The van der Waals surface area contributed by atoms with E-state index in [1.54, 1.807) is 0 Å². The van der Waals surface area contributed by atoms with Crippen molar-refractivity contribution >= 4 is 0 Å². The van der Waals surface area contributed by atoms with Gasteiger partial charge in [0.15, 0.2) is 0 Å². The number of aromatic nitrogens is 2. The summed E-state index contributed by atoms with van der Waals surface area (Å²) in [5.41, 5.74) is 1.89. The summed E-state index contributed by atoms with van der Waals surface area (Å²) < 4.78 is 0. The third kappa shape index (κ3) is 5.79. The van der Waals surface area contributed by atoms with Crippen LogP contribution in [-0.2, 0) is 6.42 Å². The standard InChI is InChI=1S/C20H30N2/c1-3-5-6-8-17-9-11-18(12-10-17)13-14-20-16-15-19(7-4-2)21-22-20/h15-18H,3-12H2,1-2H3. The van der Waals surface area contributed by atoms with Crippen molar-refractivity contribution in [3.05, 3.63) is 23.5 Å². The average Bonchev–Trinajstić information content (AvgIpc) is 2.56. The summed E-state index contributed by atoms with van der Waals surface area (Å²) in [6.07, 6.45) is 13.0. The van der Waals surface area contributed by atoms with Crippen LogP contribution in [0.25, 0.3) is 0 Å². The van der Waals surface area contributed by atoms with E-state index in [4.69, 9.17) is 0 Å². The van der Waals surface area contributed by atoms with E-state index in [2.05, 4.69) is 42.0 Å². The van der Waals surface area contributed by atoms with Gasteiger partial charge in [0.2, 0.25) is 0 Å². The molecule has 1 aliphatic rings. The molecule has 2 nitrogen and oxygen atoms in total. The number of hydrogen-bond donors (Lipinski definition) is 0. The van der Waals surface area contributed by atoms with Crippen LogP contribution in [0.2, 0.25) is 0 Å². The number of nitrogens with zero attached hydrogens (tertiary/aromatic N) is 2. The molecule has 0 atom stereocenters. The Morgan fingerprint density at radius 2 is 1.82 bits per heavy atom. The lowest BCUT2D eigenvalue weighted by Crippen LogP contribution is -2.13. The minimum atomic E-state index is 0.569. The van der Waals surface area contributed by atoms with Crippen molar-refractivity contribution in [1.82, 2.24) is 10.2 Å². The highest BCUT2D eigenvalue weighted by molar-refractivity contribution is 5.27. The first-order valence-electron chi connectivity index (χ1n) is 9.16. The van der Waals surface area contributed by atoms with Crippen molar-refractivity contribution in [3.8, 4) is 11.8 Å². The van der Waals surface area contributed by atoms with Gasteiger partial charge in [0, 0.05) is 5.92 Å². The first kappa shape index (κ1) is 17.0. The second kappa shape index (κ2) is 9.62. The van der Waals surface area contributed by atoms with Gasteiger partial charge >= 0.3 is 0 Å². The maximum Gasteiger partial charge on any atom is 0.135 e. The SMILES string of the molecule is CCCCCC1CCC(C#Cc2ccc(CCC)nn2)CC1. The van der Waals surface area contributed by atoms with Crippen LogP contribution in [0.15, 0.2) is 12.1 Å². The molecule has 1 aliphatic carbocycles. The number of rotatable bonds is 6. The van der Waals surface area contributed by atoms with Crippen molar-refractivity contribution in [1.29, 1.82) is 0 Å². The Labute approximate surface area is 136 Å². The van der Waals surface area contributed by atoms with Gasteiger partial charge in [0.1, 0.15) is 5.69 Å². The molecule has 0 radical (unpaired) electrons. The summed E-state index contributed by atoms with van der Waals surface area (Å²) in [5.74, 6) is 8.18. The lowest BCUT2D eigenvalue weighted by Gasteiger charge is -2.25. The second-order valence-corrected chi connectivity index (χ2v) is 6.64. The van der Waals surface area contributed by atoms with E-state index < -0.39 is 0 Å². The lowest BCUT2D eigenvalue weighted by molar-refractivity contribution is 0.294. The molecule has 22 heavy (non-hydrogen) atoms. The van der Waals surface area contributed by atoms with Gasteiger partial charge in [0.25, 0.3) is 0 Å². The van der Waals surface area contributed by atoms with Crippen LogP contribution in [-0.4, -0.2) is 10.2 Å². The summed E-state index contributed by atoms with van der Waals surface area (Å²) in [4.78, 5) is 0. The summed E-state index contributed by atoms with van der Waals surface area (Å²) in [6.45, 7) is 4.44. The van der Waals surface area contributed by atoms with Crippen LogP contribution < -0.4 is 0 Å². The molecule has 1 fully saturated rings. The lowest BCUT2D eigenvalue weighted by atomic mass is 9.80. The Balaban J connectivity index is 1.76. The van der Waals surface area contributed by atoms with E-state index in [1.807, 2.05) is 6.07 Å². The fourth-order valence-electron chi connectivity index (χ4n) is 3.27. The molecule has 0 N–H and O–H groups in total. The minimum absolute atomic E-state index is 0.569. The Morgan fingerprint density at radius 1 is 1.00 bits per heavy atom. The largest absolute Gasteiger partial charge is 0.154 e. The van der Waals surface area contributed by atoms with Gasteiger partial charge in [-0.15, -0.1) is 5.10 Å². The first-order chi connectivity index (χ1) is 10.8. The molecule has 120 valence electrons. The molecule has 1 aromatic heterocycles. The Bertz CT molecular complexity index is 473. The quantitative estimate of drug-likeness (QED) is 0.535. The normalized spacial score (nSPS) is 21.2. The summed E-state index contributed by atoms with van der Waals surface area (Å²) in [6, 6.07) is 4.08. The zero-order valence-electron chi connectivity index (χ0n) is 14.3. The molecule has 1 heterocycles. The third-order valence-electron chi connectivity index (χ3n) is 4.69. The van der Waals surface area contributed by atoms with Crippen molar-refractivity contribution < 1.29 is 0 Å². The predicted octanol–water partition coefficient (Wildman–Crippen LogP) is 5.17. The maximum absolute atomic E-state index is 4.23. The van der Waals surface area contributed by atoms with Crippen molar-refractivity contribution in [2.75, 3.05) is 0 Å². The summed E-state index contributed by atoms with van der Waals surface area (Å²) in [7, 11) is 0. The van der Waals surface area contributed by atoms with E-state index in [0.29, 0.717) is 5.92 Å². The molecule has 0 amide bonds. The van der Waals surface area contributed by atoms with E-state index >= 15 is 0 Å². The monoisotopic (exact) mass is 298 g/mol. The molecule has 1 aromatic rings. The summed E-state index contributed by atoms with van der Waals surface area (Å²) >= 11 is 0. The van der Waals surface area contributed by atoms with E-state index in [-0.39, 0.29) is 0 Å².